The molecule has 0 spiro atoms. The third-order valence-electron chi connectivity index (χ3n) is 6.75. The number of hydrogen-bond donors (Lipinski definition) is 2. The van der Waals surface area contributed by atoms with E-state index in [9.17, 15) is 18.0 Å². The molecule has 1 saturated heterocycles. The predicted octanol–water partition coefficient (Wildman–Crippen LogP) is 4.54. The van der Waals surface area contributed by atoms with Crippen molar-refractivity contribution in [2.24, 2.45) is 0 Å². The highest BCUT2D eigenvalue weighted by Crippen LogP contribution is 2.32. The fourth-order valence-electron chi connectivity index (χ4n) is 4.85. The van der Waals surface area contributed by atoms with Crippen LogP contribution in [0.5, 0.6) is 0 Å². The molecule has 2 amide bonds. The molecule has 0 bridgehead atoms. The summed E-state index contributed by atoms with van der Waals surface area (Å²) in [5, 5.41) is 3.25. The highest BCUT2D eigenvalue weighted by molar-refractivity contribution is 7.89. The summed E-state index contributed by atoms with van der Waals surface area (Å²) in [6, 6.07) is 9.85. The molecule has 0 saturated carbocycles. The number of amides is 2. The average molecular weight is 518 g/mol. The molecule has 35 heavy (non-hydrogen) atoms. The third kappa shape index (κ3) is 6.05. The average Bonchev–Trinajstić information content (AvgIpc) is 2.84. The molecule has 9 heteroatoms. The van der Waals surface area contributed by atoms with E-state index >= 15 is 0 Å². The molecule has 1 aliphatic heterocycles. The molecule has 2 aliphatic rings. The Morgan fingerprint density at radius 3 is 2.51 bits per heavy atom. The zero-order chi connectivity index (χ0) is 25.0. The summed E-state index contributed by atoms with van der Waals surface area (Å²) in [7, 11) is -3.80. The molecule has 7 nitrogen and oxygen atoms in total. The van der Waals surface area contributed by atoms with Crippen molar-refractivity contribution >= 4 is 39.1 Å². The number of nitrogens with zero attached hydrogens (tertiary/aromatic N) is 1. The van der Waals surface area contributed by atoms with Gasteiger partial charge in [-0.2, -0.15) is 0 Å². The van der Waals surface area contributed by atoms with Gasteiger partial charge in [0.25, 0.3) is 5.91 Å². The van der Waals surface area contributed by atoms with Crippen LogP contribution in [0.25, 0.3) is 0 Å². The predicted molar refractivity (Wildman–Crippen MR) is 137 cm³/mol. The molecule has 2 N–H and O–H groups in total. The van der Waals surface area contributed by atoms with Gasteiger partial charge < -0.3 is 10.2 Å². The van der Waals surface area contributed by atoms with Gasteiger partial charge in [0.05, 0.1) is 15.5 Å². The van der Waals surface area contributed by atoms with E-state index < -0.39 is 10.0 Å². The molecule has 0 atom stereocenters. The van der Waals surface area contributed by atoms with Crippen LogP contribution in [0.3, 0.4) is 0 Å². The maximum atomic E-state index is 13.3. The topological polar surface area (TPSA) is 95.6 Å². The number of piperidine rings is 1. The smallest absolute Gasteiger partial charge is 0.257 e. The molecule has 2 aromatic carbocycles. The molecule has 2 aromatic rings. The quantitative estimate of drug-likeness (QED) is 0.563. The monoisotopic (exact) mass is 517 g/mol. The van der Waals surface area contributed by atoms with E-state index in [4.69, 9.17) is 11.6 Å². The number of aryl methyl sites for hydroxylation is 1. The number of hydrogen-bond acceptors (Lipinski definition) is 4. The zero-order valence-electron chi connectivity index (χ0n) is 20.0. The lowest BCUT2D eigenvalue weighted by molar-refractivity contribution is -0.132. The van der Waals surface area contributed by atoms with Crippen molar-refractivity contribution in [2.45, 2.75) is 69.2 Å². The normalized spacial score (nSPS) is 16.6. The Morgan fingerprint density at radius 1 is 1.09 bits per heavy atom. The first kappa shape index (κ1) is 25.7. The number of rotatable bonds is 7. The van der Waals surface area contributed by atoms with Crippen molar-refractivity contribution in [2.75, 3.05) is 18.4 Å². The fraction of sp³-hybridized carbons (Fsp3) is 0.462. The number of benzene rings is 2. The van der Waals surface area contributed by atoms with Gasteiger partial charge in [-0.3, -0.25) is 9.59 Å². The molecule has 1 fully saturated rings. The summed E-state index contributed by atoms with van der Waals surface area (Å²) in [4.78, 5) is 27.0. The van der Waals surface area contributed by atoms with Crippen molar-refractivity contribution in [1.29, 1.82) is 0 Å². The van der Waals surface area contributed by atoms with Crippen molar-refractivity contribution in [3.05, 3.63) is 58.1 Å². The van der Waals surface area contributed by atoms with Gasteiger partial charge in [0, 0.05) is 31.2 Å². The van der Waals surface area contributed by atoms with Crippen LogP contribution in [0.2, 0.25) is 5.02 Å². The molecule has 0 unspecified atom stereocenters. The van der Waals surface area contributed by atoms with Crippen LogP contribution in [-0.2, 0) is 27.7 Å². The van der Waals surface area contributed by atoms with E-state index in [0.717, 1.165) is 43.2 Å². The van der Waals surface area contributed by atoms with E-state index in [0.29, 0.717) is 48.6 Å². The van der Waals surface area contributed by atoms with Gasteiger partial charge in [-0.25, -0.2) is 13.1 Å². The summed E-state index contributed by atoms with van der Waals surface area (Å²) in [6.07, 6.45) is 6.00. The number of carbonyl (C=O) groups is 2. The first-order valence-electron chi connectivity index (χ1n) is 12.3. The van der Waals surface area contributed by atoms with Gasteiger partial charge >= 0.3 is 0 Å². The number of anilines is 1. The minimum Gasteiger partial charge on any atom is -0.343 e. The zero-order valence-corrected chi connectivity index (χ0v) is 21.6. The van der Waals surface area contributed by atoms with Gasteiger partial charge in [-0.05, 0) is 80.3 Å². The van der Waals surface area contributed by atoms with Crippen LogP contribution in [0.1, 0.15) is 66.9 Å². The van der Waals surface area contributed by atoms with Crippen LogP contribution < -0.4 is 10.0 Å². The van der Waals surface area contributed by atoms with E-state index in [1.807, 2.05) is 11.8 Å². The lowest BCUT2D eigenvalue weighted by Crippen LogP contribution is -2.46. The van der Waals surface area contributed by atoms with Gasteiger partial charge in [0.1, 0.15) is 0 Å². The number of fused-ring (bicyclic) bond motifs is 1. The van der Waals surface area contributed by atoms with Crippen molar-refractivity contribution in [3.8, 4) is 0 Å². The van der Waals surface area contributed by atoms with Crippen LogP contribution in [0, 0.1) is 0 Å². The van der Waals surface area contributed by atoms with E-state index in [-0.39, 0.29) is 22.8 Å². The molecular weight excluding hydrogens is 486 g/mol. The lowest BCUT2D eigenvalue weighted by atomic mass is 9.90. The van der Waals surface area contributed by atoms with E-state index in [1.165, 1.54) is 0 Å². The van der Waals surface area contributed by atoms with Gasteiger partial charge in [0.15, 0.2) is 0 Å². The minimum atomic E-state index is -3.80. The Labute approximate surface area is 212 Å². The SMILES string of the molecule is CCCC(=O)N1CCC(NS(=O)(=O)c2cc3c(c(NC(=O)c4ccccc4Cl)c2)CCCC3)CC1. The van der Waals surface area contributed by atoms with Gasteiger partial charge in [-0.1, -0.05) is 30.7 Å². The highest BCUT2D eigenvalue weighted by atomic mass is 35.5. The third-order valence-corrected chi connectivity index (χ3v) is 8.58. The van der Waals surface area contributed by atoms with Gasteiger partial charge in [-0.15, -0.1) is 0 Å². The summed E-state index contributed by atoms with van der Waals surface area (Å²) >= 11 is 6.20. The standard InChI is InChI=1S/C26H32ClN3O4S/c1-2-7-25(31)30-14-12-19(13-15-30)29-35(33,34)20-16-18-8-3-4-9-21(18)24(17-20)28-26(32)22-10-5-6-11-23(22)27/h5-6,10-11,16-17,19,29H,2-4,7-9,12-15H2,1H3,(H,28,32). The molecular formula is C26H32ClN3O4S. The minimum absolute atomic E-state index is 0.127. The number of nitrogens with one attached hydrogen (secondary N) is 2. The Kier molecular flexibility index (Phi) is 8.14. The molecule has 0 aromatic heterocycles. The van der Waals surface area contributed by atoms with Crippen LogP contribution in [0.4, 0.5) is 5.69 Å². The first-order chi connectivity index (χ1) is 16.8. The number of sulfonamides is 1. The Hall–Kier alpha value is -2.42. The number of likely N-dealkylation sites (tertiary alicyclic amines) is 1. The fourth-order valence-corrected chi connectivity index (χ4v) is 6.45. The summed E-state index contributed by atoms with van der Waals surface area (Å²) in [6.45, 7) is 3.08. The van der Waals surface area contributed by atoms with Crippen molar-refractivity contribution in [1.82, 2.24) is 9.62 Å². The molecule has 1 heterocycles. The maximum absolute atomic E-state index is 13.3. The molecule has 0 radical (unpaired) electrons. The Morgan fingerprint density at radius 2 is 1.80 bits per heavy atom. The van der Waals surface area contributed by atoms with Crippen molar-refractivity contribution < 1.29 is 18.0 Å². The summed E-state index contributed by atoms with van der Waals surface area (Å²) in [5.74, 6) is -0.239. The second kappa shape index (κ2) is 11.1. The van der Waals surface area contributed by atoms with Gasteiger partial charge in [0.2, 0.25) is 15.9 Å². The van der Waals surface area contributed by atoms with Crippen LogP contribution in [0.15, 0.2) is 41.3 Å². The molecule has 188 valence electrons. The summed E-state index contributed by atoms with van der Waals surface area (Å²) in [5.41, 5.74) is 2.80. The van der Waals surface area contributed by atoms with Crippen LogP contribution >= 0.6 is 11.6 Å². The van der Waals surface area contributed by atoms with Crippen LogP contribution in [-0.4, -0.2) is 44.3 Å². The maximum Gasteiger partial charge on any atom is 0.257 e. The Balaban J connectivity index is 1.54. The highest BCUT2D eigenvalue weighted by Gasteiger charge is 2.28. The Bertz CT molecular complexity index is 1210. The lowest BCUT2D eigenvalue weighted by Gasteiger charge is -2.32. The van der Waals surface area contributed by atoms with E-state index in [1.54, 1.807) is 36.4 Å². The largest absolute Gasteiger partial charge is 0.343 e. The summed E-state index contributed by atoms with van der Waals surface area (Å²) < 4.78 is 29.5. The number of halogens is 1. The number of carbonyl (C=O) groups excluding carboxylic acids is 2. The molecule has 4 rings (SSSR count). The second-order valence-corrected chi connectivity index (χ2v) is 11.4. The first-order valence-corrected chi connectivity index (χ1v) is 14.2. The van der Waals surface area contributed by atoms with E-state index in [2.05, 4.69) is 10.0 Å². The van der Waals surface area contributed by atoms with Crippen molar-refractivity contribution in [3.63, 3.8) is 0 Å². The second-order valence-electron chi connectivity index (χ2n) is 9.28. The molecule has 1 aliphatic carbocycles.